The van der Waals surface area contributed by atoms with Gasteiger partial charge in [0.1, 0.15) is 0 Å². The first-order valence-electron chi connectivity index (χ1n) is 4.09. The van der Waals surface area contributed by atoms with E-state index in [4.69, 9.17) is 0 Å². The van der Waals surface area contributed by atoms with Gasteiger partial charge in [-0.25, -0.2) is 0 Å². The van der Waals surface area contributed by atoms with Crippen molar-refractivity contribution in [1.82, 2.24) is 5.32 Å². The molecular formula is C10H15NS. The Hall–Kier alpha value is -0.470. The Balaban J connectivity index is 2.66. The molecule has 1 atom stereocenters. The van der Waals surface area contributed by atoms with Crippen LogP contribution in [0.3, 0.4) is 0 Å². The minimum absolute atomic E-state index is 0.487. The molecule has 2 heteroatoms. The molecule has 0 aromatic heterocycles. The summed E-state index contributed by atoms with van der Waals surface area (Å²) in [6.45, 7) is 0. The summed E-state index contributed by atoms with van der Waals surface area (Å²) in [4.78, 5) is 0. The zero-order valence-corrected chi connectivity index (χ0v) is 8.40. The first kappa shape index (κ1) is 9.62. The Labute approximate surface area is 78.6 Å². The molecule has 0 heterocycles. The molecule has 0 amide bonds. The summed E-state index contributed by atoms with van der Waals surface area (Å²) < 4.78 is 0. The maximum atomic E-state index is 3.30. The molecule has 0 bridgehead atoms. The Morgan fingerprint density at radius 3 is 2.50 bits per heavy atom. The third-order valence-corrected chi connectivity index (χ3v) is 2.55. The molecule has 0 saturated carbocycles. The van der Waals surface area contributed by atoms with E-state index in [1.165, 1.54) is 5.56 Å². The largest absolute Gasteiger partial charge is 0.312 e. The molecule has 0 unspecified atom stereocenters. The zero-order valence-electron chi connectivity index (χ0n) is 7.58. The fourth-order valence-electron chi connectivity index (χ4n) is 1.20. The average Bonchev–Trinajstić information content (AvgIpc) is 2.15. The topological polar surface area (TPSA) is 12.0 Å². The smallest absolute Gasteiger partial charge is 0.0409 e. The van der Waals surface area contributed by atoms with Gasteiger partial charge in [0, 0.05) is 11.8 Å². The number of hydrogen-bond acceptors (Lipinski definition) is 2. The molecule has 1 aromatic rings. The van der Waals surface area contributed by atoms with Crippen molar-refractivity contribution >= 4 is 11.8 Å². The Kier molecular flexibility index (Phi) is 4.19. The summed E-state index contributed by atoms with van der Waals surface area (Å²) >= 11 is 1.87. The van der Waals surface area contributed by atoms with E-state index in [1.54, 1.807) is 0 Å². The molecule has 1 aromatic carbocycles. The molecule has 0 spiro atoms. The lowest BCUT2D eigenvalue weighted by molar-refractivity contribution is 0.662. The van der Waals surface area contributed by atoms with Gasteiger partial charge in [0.25, 0.3) is 0 Å². The quantitative estimate of drug-likeness (QED) is 0.765. The van der Waals surface area contributed by atoms with Crippen LogP contribution in [0.5, 0.6) is 0 Å². The minimum atomic E-state index is 0.487. The number of thioether (sulfide) groups is 1. The monoisotopic (exact) mass is 181 g/mol. The molecule has 66 valence electrons. The number of rotatable bonds is 4. The molecule has 0 aliphatic carbocycles. The summed E-state index contributed by atoms with van der Waals surface area (Å²) in [6, 6.07) is 11.0. The molecule has 0 radical (unpaired) electrons. The van der Waals surface area contributed by atoms with Crippen molar-refractivity contribution in [2.24, 2.45) is 0 Å². The molecule has 1 rings (SSSR count). The lowest BCUT2D eigenvalue weighted by Gasteiger charge is -2.14. The van der Waals surface area contributed by atoms with Crippen LogP contribution in [0, 0.1) is 0 Å². The van der Waals surface area contributed by atoms with E-state index in [2.05, 4.69) is 41.9 Å². The maximum absolute atomic E-state index is 3.30. The van der Waals surface area contributed by atoms with E-state index in [0.717, 1.165) is 5.75 Å². The van der Waals surface area contributed by atoms with Crippen LogP contribution in [0.25, 0.3) is 0 Å². The first-order valence-corrected chi connectivity index (χ1v) is 5.49. The fourth-order valence-corrected chi connectivity index (χ4v) is 1.89. The second-order valence-corrected chi connectivity index (χ2v) is 3.62. The predicted octanol–water partition coefficient (Wildman–Crippen LogP) is 2.31. The highest BCUT2D eigenvalue weighted by Crippen LogP contribution is 2.15. The molecule has 1 N–H and O–H groups in total. The van der Waals surface area contributed by atoms with Gasteiger partial charge in [-0.05, 0) is 18.9 Å². The van der Waals surface area contributed by atoms with Crippen molar-refractivity contribution in [2.45, 2.75) is 6.04 Å². The predicted molar refractivity (Wildman–Crippen MR) is 56.6 cm³/mol. The van der Waals surface area contributed by atoms with Crippen molar-refractivity contribution < 1.29 is 0 Å². The Morgan fingerprint density at radius 1 is 1.33 bits per heavy atom. The Bertz CT molecular complexity index is 210. The van der Waals surface area contributed by atoms with Gasteiger partial charge in [-0.15, -0.1) is 0 Å². The van der Waals surface area contributed by atoms with E-state index < -0.39 is 0 Å². The third-order valence-electron chi connectivity index (χ3n) is 1.88. The molecule has 12 heavy (non-hydrogen) atoms. The normalized spacial score (nSPS) is 12.8. The maximum Gasteiger partial charge on any atom is 0.0409 e. The van der Waals surface area contributed by atoms with Gasteiger partial charge in [0.2, 0.25) is 0 Å². The van der Waals surface area contributed by atoms with Crippen LogP contribution in [-0.2, 0) is 0 Å². The van der Waals surface area contributed by atoms with Crippen LogP contribution in [0.2, 0.25) is 0 Å². The van der Waals surface area contributed by atoms with Crippen LogP contribution in [0.4, 0.5) is 0 Å². The molecule has 1 nitrogen and oxygen atoms in total. The third kappa shape index (κ3) is 2.54. The van der Waals surface area contributed by atoms with Gasteiger partial charge < -0.3 is 5.32 Å². The summed E-state index contributed by atoms with van der Waals surface area (Å²) in [6.07, 6.45) is 2.13. The highest BCUT2D eigenvalue weighted by molar-refractivity contribution is 7.98. The van der Waals surface area contributed by atoms with Crippen molar-refractivity contribution in [3.63, 3.8) is 0 Å². The average molecular weight is 181 g/mol. The summed E-state index contributed by atoms with van der Waals surface area (Å²) in [5, 5.41) is 3.30. The highest BCUT2D eigenvalue weighted by atomic mass is 32.2. The SMILES string of the molecule is CN[C@H](CSC)c1ccccc1. The first-order chi connectivity index (χ1) is 5.88. The van der Waals surface area contributed by atoms with Gasteiger partial charge in [0.15, 0.2) is 0 Å². The molecule has 0 saturated heterocycles. The van der Waals surface area contributed by atoms with Gasteiger partial charge in [-0.2, -0.15) is 11.8 Å². The number of nitrogens with one attached hydrogen (secondary N) is 1. The van der Waals surface area contributed by atoms with Gasteiger partial charge in [-0.1, -0.05) is 30.3 Å². The minimum Gasteiger partial charge on any atom is -0.312 e. The van der Waals surface area contributed by atoms with Crippen LogP contribution in [0.1, 0.15) is 11.6 Å². The molecule has 0 aliphatic rings. The lowest BCUT2D eigenvalue weighted by atomic mass is 10.1. The van der Waals surface area contributed by atoms with Crippen molar-refractivity contribution in [3.8, 4) is 0 Å². The number of hydrogen-bond donors (Lipinski definition) is 1. The number of benzene rings is 1. The second-order valence-electron chi connectivity index (χ2n) is 2.71. The second kappa shape index (κ2) is 5.22. The zero-order chi connectivity index (χ0) is 8.81. The standard InChI is InChI=1S/C10H15NS/c1-11-10(8-12-2)9-6-4-3-5-7-9/h3-7,10-11H,8H2,1-2H3/t10-/m1/s1. The molecule has 0 aliphatic heterocycles. The van der Waals surface area contributed by atoms with Crippen molar-refractivity contribution in [2.75, 3.05) is 19.1 Å². The van der Waals surface area contributed by atoms with E-state index in [0.29, 0.717) is 6.04 Å². The van der Waals surface area contributed by atoms with Crippen LogP contribution < -0.4 is 5.32 Å². The van der Waals surface area contributed by atoms with Gasteiger partial charge >= 0.3 is 0 Å². The van der Waals surface area contributed by atoms with Gasteiger partial charge in [0.05, 0.1) is 0 Å². The summed E-state index contributed by atoms with van der Waals surface area (Å²) in [5.74, 6) is 1.13. The molecule has 0 fully saturated rings. The summed E-state index contributed by atoms with van der Waals surface area (Å²) in [7, 11) is 2.01. The van der Waals surface area contributed by atoms with E-state index in [-0.39, 0.29) is 0 Å². The fraction of sp³-hybridized carbons (Fsp3) is 0.400. The van der Waals surface area contributed by atoms with Gasteiger partial charge in [-0.3, -0.25) is 0 Å². The van der Waals surface area contributed by atoms with Crippen LogP contribution >= 0.6 is 11.8 Å². The van der Waals surface area contributed by atoms with E-state index >= 15 is 0 Å². The van der Waals surface area contributed by atoms with E-state index in [9.17, 15) is 0 Å². The van der Waals surface area contributed by atoms with Crippen molar-refractivity contribution in [1.29, 1.82) is 0 Å². The molecular weight excluding hydrogens is 166 g/mol. The van der Waals surface area contributed by atoms with Crippen molar-refractivity contribution in [3.05, 3.63) is 35.9 Å². The summed E-state index contributed by atoms with van der Waals surface area (Å²) in [5.41, 5.74) is 1.37. The van der Waals surface area contributed by atoms with E-state index in [1.807, 2.05) is 18.8 Å². The lowest BCUT2D eigenvalue weighted by Crippen LogP contribution is -2.18. The highest BCUT2D eigenvalue weighted by Gasteiger charge is 2.05. The van der Waals surface area contributed by atoms with Crippen LogP contribution in [0.15, 0.2) is 30.3 Å². The Morgan fingerprint density at radius 2 is 2.00 bits per heavy atom. The van der Waals surface area contributed by atoms with Crippen LogP contribution in [-0.4, -0.2) is 19.1 Å².